The number of thioether (sulfide) groups is 1. The number of hydrogen-bond acceptors (Lipinski definition) is 8. The third-order valence-electron chi connectivity index (χ3n) is 3.69. The van der Waals surface area contributed by atoms with Crippen molar-refractivity contribution in [2.24, 2.45) is 0 Å². The second kappa shape index (κ2) is 8.41. The van der Waals surface area contributed by atoms with Gasteiger partial charge in [0.05, 0.1) is 22.6 Å². The number of para-hydroxylation sites is 1. The fraction of sp³-hybridized carbons (Fsp3) is 0.158. The number of aromatic nitrogens is 3. The Morgan fingerprint density at radius 1 is 1.18 bits per heavy atom. The Labute approximate surface area is 169 Å². The first-order chi connectivity index (χ1) is 13.7. The molecule has 0 fully saturated rings. The highest BCUT2D eigenvalue weighted by Gasteiger charge is 2.13. The molecule has 4 aromatic rings. The highest BCUT2D eigenvalue weighted by atomic mass is 32.2. The predicted molar refractivity (Wildman–Crippen MR) is 110 cm³/mol. The topological polar surface area (TPSA) is 90.1 Å². The van der Waals surface area contributed by atoms with Crippen molar-refractivity contribution in [3.05, 3.63) is 48.5 Å². The molecule has 28 heavy (non-hydrogen) atoms. The van der Waals surface area contributed by atoms with Gasteiger partial charge in [-0.2, -0.15) is 0 Å². The molecule has 0 unspecified atom stereocenters. The molecule has 142 valence electrons. The number of benzene rings is 2. The number of carbonyl (C=O) groups is 1. The normalized spacial score (nSPS) is 10.9. The first-order valence-corrected chi connectivity index (χ1v) is 10.4. The van der Waals surface area contributed by atoms with Gasteiger partial charge in [0, 0.05) is 5.56 Å². The quantitative estimate of drug-likeness (QED) is 0.448. The number of ether oxygens (including phenoxy) is 1. The molecule has 1 N–H and O–H groups in total. The second-order valence-electron chi connectivity index (χ2n) is 5.65. The van der Waals surface area contributed by atoms with Gasteiger partial charge in [-0.3, -0.25) is 4.79 Å². The van der Waals surface area contributed by atoms with E-state index in [9.17, 15) is 4.79 Å². The van der Waals surface area contributed by atoms with Gasteiger partial charge < -0.3 is 14.5 Å². The van der Waals surface area contributed by atoms with Crippen LogP contribution in [0.2, 0.25) is 0 Å². The summed E-state index contributed by atoms with van der Waals surface area (Å²) in [6.07, 6.45) is 0. The van der Waals surface area contributed by atoms with Crippen molar-refractivity contribution in [3.8, 4) is 17.2 Å². The number of hydrogen-bond donors (Lipinski definition) is 1. The summed E-state index contributed by atoms with van der Waals surface area (Å²) < 4.78 is 12.1. The lowest BCUT2D eigenvalue weighted by atomic mass is 10.2. The number of anilines is 1. The van der Waals surface area contributed by atoms with Gasteiger partial charge in [-0.05, 0) is 43.3 Å². The highest BCUT2D eigenvalue weighted by molar-refractivity contribution is 7.99. The van der Waals surface area contributed by atoms with Crippen LogP contribution in [0.25, 0.3) is 21.7 Å². The standard InChI is InChI=1S/C19H16N4O3S2/c1-2-25-13-9-7-12(8-10-13)17-22-23-19(26-17)27-11-16(24)21-18-20-14-5-3-4-6-15(14)28-18/h3-10H,2,11H2,1H3,(H,20,21,24). The molecule has 0 atom stereocenters. The van der Waals surface area contributed by atoms with Crippen LogP contribution in [0.4, 0.5) is 5.13 Å². The molecule has 0 aliphatic heterocycles. The minimum absolute atomic E-state index is 0.154. The Bertz CT molecular complexity index is 1060. The molecular weight excluding hydrogens is 396 g/mol. The van der Waals surface area contributed by atoms with E-state index in [4.69, 9.17) is 9.15 Å². The van der Waals surface area contributed by atoms with Crippen molar-refractivity contribution in [2.75, 3.05) is 17.7 Å². The fourth-order valence-electron chi connectivity index (χ4n) is 2.45. The van der Waals surface area contributed by atoms with Crippen LogP contribution < -0.4 is 10.1 Å². The molecule has 0 aliphatic rings. The molecule has 0 saturated heterocycles. The Morgan fingerprint density at radius 2 is 2.00 bits per heavy atom. The number of fused-ring (bicyclic) bond motifs is 1. The molecular formula is C19H16N4O3S2. The van der Waals surface area contributed by atoms with Crippen molar-refractivity contribution in [3.63, 3.8) is 0 Å². The average molecular weight is 412 g/mol. The average Bonchev–Trinajstić information content (AvgIpc) is 3.33. The predicted octanol–water partition coefficient (Wildman–Crippen LogP) is 4.48. The third-order valence-corrected chi connectivity index (χ3v) is 5.46. The second-order valence-corrected chi connectivity index (χ2v) is 7.61. The summed E-state index contributed by atoms with van der Waals surface area (Å²) >= 11 is 2.62. The molecule has 9 heteroatoms. The van der Waals surface area contributed by atoms with Crippen molar-refractivity contribution in [1.29, 1.82) is 0 Å². The van der Waals surface area contributed by atoms with E-state index in [0.717, 1.165) is 21.5 Å². The Morgan fingerprint density at radius 3 is 2.79 bits per heavy atom. The van der Waals surface area contributed by atoms with Gasteiger partial charge in [0.1, 0.15) is 5.75 Å². The van der Waals surface area contributed by atoms with Gasteiger partial charge in [0.15, 0.2) is 5.13 Å². The van der Waals surface area contributed by atoms with Gasteiger partial charge in [-0.25, -0.2) is 4.98 Å². The summed E-state index contributed by atoms with van der Waals surface area (Å²) in [7, 11) is 0. The lowest BCUT2D eigenvalue weighted by Crippen LogP contribution is -2.13. The molecule has 4 rings (SSSR count). The summed E-state index contributed by atoms with van der Waals surface area (Å²) in [6, 6.07) is 15.2. The van der Waals surface area contributed by atoms with E-state index < -0.39 is 0 Å². The van der Waals surface area contributed by atoms with E-state index in [2.05, 4.69) is 20.5 Å². The zero-order valence-electron chi connectivity index (χ0n) is 14.9. The van der Waals surface area contributed by atoms with Crippen LogP contribution in [0.5, 0.6) is 5.75 Å². The maximum absolute atomic E-state index is 12.2. The number of nitrogens with one attached hydrogen (secondary N) is 1. The Hall–Kier alpha value is -2.91. The zero-order chi connectivity index (χ0) is 19.3. The lowest BCUT2D eigenvalue weighted by molar-refractivity contribution is -0.113. The third kappa shape index (κ3) is 4.32. The van der Waals surface area contributed by atoms with E-state index in [-0.39, 0.29) is 11.7 Å². The molecule has 2 aromatic heterocycles. The largest absolute Gasteiger partial charge is 0.494 e. The van der Waals surface area contributed by atoms with Gasteiger partial charge in [0.25, 0.3) is 5.22 Å². The van der Waals surface area contributed by atoms with E-state index >= 15 is 0 Å². The first-order valence-electron chi connectivity index (χ1n) is 8.56. The molecule has 0 radical (unpaired) electrons. The minimum Gasteiger partial charge on any atom is -0.494 e. The molecule has 2 heterocycles. The molecule has 1 amide bonds. The van der Waals surface area contributed by atoms with Gasteiger partial charge in [-0.1, -0.05) is 35.2 Å². The van der Waals surface area contributed by atoms with Crippen LogP contribution in [-0.4, -0.2) is 33.4 Å². The van der Waals surface area contributed by atoms with E-state index in [1.54, 1.807) is 0 Å². The van der Waals surface area contributed by atoms with E-state index in [1.165, 1.54) is 23.1 Å². The van der Waals surface area contributed by atoms with Crippen LogP contribution >= 0.6 is 23.1 Å². The zero-order valence-corrected chi connectivity index (χ0v) is 16.5. The van der Waals surface area contributed by atoms with Crippen LogP contribution in [0.15, 0.2) is 58.2 Å². The molecule has 0 saturated carbocycles. The Kier molecular flexibility index (Phi) is 5.54. The van der Waals surface area contributed by atoms with Gasteiger partial charge in [-0.15, -0.1) is 10.2 Å². The number of carbonyl (C=O) groups excluding carboxylic acids is 1. The summed E-state index contributed by atoms with van der Waals surface area (Å²) in [5, 5.41) is 11.7. The molecule has 0 aliphatic carbocycles. The molecule has 7 nitrogen and oxygen atoms in total. The number of thiazole rings is 1. The summed E-state index contributed by atoms with van der Waals surface area (Å²) in [6.45, 7) is 2.54. The number of amides is 1. The van der Waals surface area contributed by atoms with Crippen LogP contribution in [0, 0.1) is 0 Å². The lowest BCUT2D eigenvalue weighted by Gasteiger charge is -2.02. The molecule has 0 spiro atoms. The van der Waals surface area contributed by atoms with Crippen molar-refractivity contribution < 1.29 is 13.9 Å². The maximum atomic E-state index is 12.2. The molecule has 0 bridgehead atoms. The fourth-order valence-corrected chi connectivity index (χ4v) is 3.90. The van der Waals surface area contributed by atoms with Crippen LogP contribution in [-0.2, 0) is 4.79 Å². The van der Waals surface area contributed by atoms with E-state index in [0.29, 0.717) is 22.9 Å². The monoisotopic (exact) mass is 412 g/mol. The molecule has 2 aromatic carbocycles. The van der Waals surface area contributed by atoms with Crippen molar-refractivity contribution >= 4 is 44.4 Å². The first kappa shape index (κ1) is 18.5. The SMILES string of the molecule is CCOc1ccc(-c2nnc(SCC(=O)Nc3nc4ccccc4s3)o2)cc1. The van der Waals surface area contributed by atoms with E-state index in [1.807, 2.05) is 55.5 Å². The minimum atomic E-state index is -0.176. The Balaban J connectivity index is 1.34. The van der Waals surface area contributed by atoms with Crippen LogP contribution in [0.1, 0.15) is 6.92 Å². The summed E-state index contributed by atoms with van der Waals surface area (Å²) in [4.78, 5) is 16.6. The van der Waals surface area contributed by atoms with Crippen LogP contribution in [0.3, 0.4) is 0 Å². The maximum Gasteiger partial charge on any atom is 0.277 e. The van der Waals surface area contributed by atoms with Gasteiger partial charge >= 0.3 is 0 Å². The number of nitrogens with zero attached hydrogens (tertiary/aromatic N) is 3. The summed E-state index contributed by atoms with van der Waals surface area (Å²) in [5.41, 5.74) is 1.66. The van der Waals surface area contributed by atoms with Crippen molar-refractivity contribution in [1.82, 2.24) is 15.2 Å². The number of rotatable bonds is 7. The summed E-state index contributed by atoms with van der Waals surface area (Å²) in [5.74, 6) is 1.16. The van der Waals surface area contributed by atoms with Gasteiger partial charge in [0.2, 0.25) is 11.8 Å². The smallest absolute Gasteiger partial charge is 0.277 e. The highest BCUT2D eigenvalue weighted by Crippen LogP contribution is 2.27. The van der Waals surface area contributed by atoms with Crippen molar-refractivity contribution in [2.45, 2.75) is 12.1 Å².